The minimum atomic E-state index is -3.34. The molecular formula is C16H25N3O3S. The molecule has 23 heavy (non-hydrogen) atoms. The Bertz CT molecular complexity index is 638. The fraction of sp³-hybridized carbons (Fsp3) is 0.562. The van der Waals surface area contributed by atoms with E-state index in [2.05, 4.69) is 16.5 Å². The van der Waals surface area contributed by atoms with E-state index in [1.54, 1.807) is 24.3 Å². The van der Waals surface area contributed by atoms with Gasteiger partial charge in [0.2, 0.25) is 10.0 Å². The molecule has 1 aromatic rings. The lowest BCUT2D eigenvalue weighted by Crippen LogP contribution is -2.48. The lowest BCUT2D eigenvalue weighted by Gasteiger charge is -2.34. The van der Waals surface area contributed by atoms with Crippen LogP contribution in [0.25, 0.3) is 0 Å². The van der Waals surface area contributed by atoms with Crippen LogP contribution in [0.15, 0.2) is 24.3 Å². The van der Waals surface area contributed by atoms with Crippen LogP contribution in [0.1, 0.15) is 30.6 Å². The molecule has 0 atom stereocenters. The summed E-state index contributed by atoms with van der Waals surface area (Å²) in [4.78, 5) is 16.7. The first kappa shape index (κ1) is 17.7. The van der Waals surface area contributed by atoms with E-state index in [1.807, 2.05) is 11.8 Å². The van der Waals surface area contributed by atoms with Crippen LogP contribution < -0.4 is 4.72 Å². The molecule has 1 N–H and O–H groups in total. The molecular weight excluding hydrogens is 314 g/mol. The number of amides is 1. The second-order valence-corrected chi connectivity index (χ2v) is 7.57. The van der Waals surface area contributed by atoms with Gasteiger partial charge in [-0.3, -0.25) is 9.52 Å². The maximum absolute atomic E-state index is 12.6. The van der Waals surface area contributed by atoms with Crippen molar-refractivity contribution in [3.63, 3.8) is 0 Å². The predicted molar refractivity (Wildman–Crippen MR) is 92.2 cm³/mol. The molecule has 2 rings (SSSR count). The molecule has 6 nitrogen and oxygen atoms in total. The van der Waals surface area contributed by atoms with Crippen LogP contribution in [0, 0.1) is 0 Å². The van der Waals surface area contributed by atoms with Gasteiger partial charge in [-0.2, -0.15) is 0 Å². The fourth-order valence-corrected chi connectivity index (χ4v) is 3.79. The van der Waals surface area contributed by atoms with Crippen LogP contribution in [0.5, 0.6) is 0 Å². The Kier molecular flexibility index (Phi) is 6.01. The van der Waals surface area contributed by atoms with Crippen molar-refractivity contribution in [2.24, 2.45) is 0 Å². The van der Waals surface area contributed by atoms with Crippen LogP contribution in [-0.4, -0.2) is 62.6 Å². The first-order valence-corrected chi connectivity index (χ1v) is 9.72. The van der Waals surface area contributed by atoms with E-state index >= 15 is 0 Å². The molecule has 1 aromatic carbocycles. The van der Waals surface area contributed by atoms with Gasteiger partial charge >= 0.3 is 0 Å². The van der Waals surface area contributed by atoms with Gasteiger partial charge in [0.05, 0.1) is 5.75 Å². The molecule has 1 saturated heterocycles. The summed E-state index contributed by atoms with van der Waals surface area (Å²) >= 11 is 0. The Labute approximate surface area is 138 Å². The largest absolute Gasteiger partial charge is 0.336 e. The third kappa shape index (κ3) is 4.94. The molecule has 0 aromatic heterocycles. The Morgan fingerprint density at radius 2 is 1.87 bits per heavy atom. The zero-order chi connectivity index (χ0) is 16.9. The van der Waals surface area contributed by atoms with Crippen molar-refractivity contribution in [1.29, 1.82) is 0 Å². The number of piperazine rings is 1. The molecule has 0 unspecified atom stereocenters. The number of carbonyl (C=O) groups excluding carboxylic acids is 1. The van der Waals surface area contributed by atoms with Gasteiger partial charge < -0.3 is 9.80 Å². The molecule has 1 aliphatic heterocycles. The van der Waals surface area contributed by atoms with Crippen LogP contribution in [0.4, 0.5) is 5.69 Å². The van der Waals surface area contributed by atoms with E-state index in [9.17, 15) is 13.2 Å². The molecule has 0 aliphatic carbocycles. The lowest BCUT2D eigenvalue weighted by atomic mass is 10.1. The average Bonchev–Trinajstić information content (AvgIpc) is 2.54. The zero-order valence-corrected chi connectivity index (χ0v) is 14.6. The van der Waals surface area contributed by atoms with Gasteiger partial charge in [-0.25, -0.2) is 8.42 Å². The SMILES string of the molecule is CCCS(=O)(=O)Nc1cccc(C(=O)N2CCN(CC)CC2)c1. The highest BCUT2D eigenvalue weighted by Gasteiger charge is 2.21. The first-order valence-electron chi connectivity index (χ1n) is 8.07. The molecule has 0 bridgehead atoms. The smallest absolute Gasteiger partial charge is 0.254 e. The second kappa shape index (κ2) is 7.79. The number of hydrogen-bond acceptors (Lipinski definition) is 4. The van der Waals surface area contributed by atoms with Crippen molar-refractivity contribution in [1.82, 2.24) is 9.80 Å². The fourth-order valence-electron chi connectivity index (χ4n) is 2.66. The Morgan fingerprint density at radius 3 is 2.48 bits per heavy atom. The van der Waals surface area contributed by atoms with Gasteiger partial charge in [0.1, 0.15) is 0 Å². The molecule has 1 aliphatic rings. The van der Waals surface area contributed by atoms with Crippen molar-refractivity contribution < 1.29 is 13.2 Å². The van der Waals surface area contributed by atoms with E-state index in [0.717, 1.165) is 19.6 Å². The molecule has 1 amide bonds. The standard InChI is InChI=1S/C16H25N3O3S/c1-3-12-23(21,22)17-15-7-5-6-14(13-15)16(20)19-10-8-18(4-2)9-11-19/h5-7,13,17H,3-4,8-12H2,1-2H3. The first-order chi connectivity index (χ1) is 10.9. The van der Waals surface area contributed by atoms with E-state index in [0.29, 0.717) is 30.8 Å². The minimum absolute atomic E-state index is 0.0442. The van der Waals surface area contributed by atoms with Gasteiger partial charge in [0.25, 0.3) is 5.91 Å². The van der Waals surface area contributed by atoms with Gasteiger partial charge in [0.15, 0.2) is 0 Å². The third-order valence-corrected chi connectivity index (χ3v) is 5.45. The van der Waals surface area contributed by atoms with Crippen molar-refractivity contribution >= 4 is 21.6 Å². The minimum Gasteiger partial charge on any atom is -0.336 e. The van der Waals surface area contributed by atoms with Crippen LogP contribution in [-0.2, 0) is 10.0 Å². The van der Waals surface area contributed by atoms with E-state index in [-0.39, 0.29) is 11.7 Å². The van der Waals surface area contributed by atoms with E-state index in [1.165, 1.54) is 0 Å². The van der Waals surface area contributed by atoms with Crippen molar-refractivity contribution in [2.75, 3.05) is 43.2 Å². The van der Waals surface area contributed by atoms with Crippen molar-refractivity contribution in [2.45, 2.75) is 20.3 Å². The summed E-state index contributed by atoms with van der Waals surface area (Å²) in [6.07, 6.45) is 0.551. The Balaban J connectivity index is 2.06. The number of sulfonamides is 1. The topological polar surface area (TPSA) is 69.7 Å². The maximum atomic E-state index is 12.6. The zero-order valence-electron chi connectivity index (χ0n) is 13.8. The number of anilines is 1. The molecule has 7 heteroatoms. The van der Waals surface area contributed by atoms with Crippen molar-refractivity contribution in [3.05, 3.63) is 29.8 Å². The molecule has 0 spiro atoms. The number of nitrogens with one attached hydrogen (secondary N) is 1. The second-order valence-electron chi connectivity index (χ2n) is 5.73. The predicted octanol–water partition coefficient (Wildman–Crippen LogP) is 1.62. The Hall–Kier alpha value is -1.60. The van der Waals surface area contributed by atoms with Crippen LogP contribution in [0.2, 0.25) is 0 Å². The molecule has 0 radical (unpaired) electrons. The number of rotatable bonds is 6. The van der Waals surface area contributed by atoms with Gasteiger partial charge in [-0.15, -0.1) is 0 Å². The third-order valence-electron chi connectivity index (χ3n) is 3.96. The summed E-state index contributed by atoms with van der Waals surface area (Å²) in [6.45, 7) is 8.10. The number of nitrogens with zero attached hydrogens (tertiary/aromatic N) is 2. The van der Waals surface area contributed by atoms with Crippen LogP contribution in [0.3, 0.4) is 0 Å². The van der Waals surface area contributed by atoms with E-state index in [4.69, 9.17) is 0 Å². The lowest BCUT2D eigenvalue weighted by molar-refractivity contribution is 0.0643. The molecule has 128 valence electrons. The maximum Gasteiger partial charge on any atom is 0.254 e. The normalized spacial score (nSPS) is 16.3. The summed E-state index contributed by atoms with van der Waals surface area (Å²) in [6, 6.07) is 6.71. The molecule has 1 fully saturated rings. The quantitative estimate of drug-likeness (QED) is 0.855. The summed E-state index contributed by atoms with van der Waals surface area (Å²) in [5.74, 6) is 0.0294. The average molecular weight is 339 g/mol. The summed E-state index contributed by atoms with van der Waals surface area (Å²) in [7, 11) is -3.34. The van der Waals surface area contributed by atoms with Crippen LogP contribution >= 0.6 is 0 Å². The Morgan fingerprint density at radius 1 is 1.17 bits per heavy atom. The number of carbonyl (C=O) groups is 1. The number of likely N-dealkylation sites (N-methyl/N-ethyl adjacent to an activating group) is 1. The summed E-state index contributed by atoms with van der Waals surface area (Å²) in [5, 5.41) is 0. The molecule has 0 saturated carbocycles. The van der Waals surface area contributed by atoms with E-state index < -0.39 is 10.0 Å². The van der Waals surface area contributed by atoms with Gasteiger partial charge in [0, 0.05) is 37.4 Å². The number of hydrogen-bond donors (Lipinski definition) is 1. The van der Waals surface area contributed by atoms with Crippen molar-refractivity contribution in [3.8, 4) is 0 Å². The summed E-state index contributed by atoms with van der Waals surface area (Å²) in [5.41, 5.74) is 0.961. The highest BCUT2D eigenvalue weighted by atomic mass is 32.2. The number of benzene rings is 1. The highest BCUT2D eigenvalue weighted by molar-refractivity contribution is 7.92. The summed E-state index contributed by atoms with van der Waals surface area (Å²) < 4.78 is 26.2. The van der Waals surface area contributed by atoms with Gasteiger partial charge in [-0.1, -0.05) is 19.9 Å². The monoisotopic (exact) mass is 339 g/mol. The van der Waals surface area contributed by atoms with Gasteiger partial charge in [-0.05, 0) is 31.2 Å². The highest BCUT2D eigenvalue weighted by Crippen LogP contribution is 2.15. The molecule has 1 heterocycles.